The van der Waals surface area contributed by atoms with Gasteiger partial charge in [0.2, 0.25) is 0 Å². The summed E-state index contributed by atoms with van der Waals surface area (Å²) in [6.45, 7) is 0. The van der Waals surface area contributed by atoms with Crippen LogP contribution in [0.2, 0.25) is 5.02 Å². The number of aromatic nitrogens is 1. The number of rotatable bonds is 4. The van der Waals surface area contributed by atoms with Crippen molar-refractivity contribution in [2.24, 2.45) is 4.99 Å². The van der Waals surface area contributed by atoms with Gasteiger partial charge in [0.25, 0.3) is 5.56 Å². The van der Waals surface area contributed by atoms with E-state index in [0.29, 0.717) is 26.4 Å². The van der Waals surface area contributed by atoms with E-state index in [9.17, 15) is 14.7 Å². The molecule has 0 saturated carbocycles. The third-order valence-electron chi connectivity index (χ3n) is 7.07. The van der Waals surface area contributed by atoms with Crippen molar-refractivity contribution in [3.05, 3.63) is 130 Å². The lowest BCUT2D eigenvalue weighted by atomic mass is 9.85. The molecule has 39 heavy (non-hydrogen) atoms. The maximum absolute atomic E-state index is 13.8. The van der Waals surface area contributed by atoms with E-state index < -0.39 is 5.97 Å². The van der Waals surface area contributed by atoms with Crippen molar-refractivity contribution in [1.82, 2.24) is 4.57 Å². The number of hydrogen-bond donors (Lipinski definition) is 1. The molecule has 0 radical (unpaired) electrons. The predicted octanol–water partition coefficient (Wildman–Crippen LogP) is 5.99. The summed E-state index contributed by atoms with van der Waals surface area (Å²) < 4.78 is 8.34. The number of fused-ring (bicyclic) bond motifs is 3. The second-order valence-electron chi connectivity index (χ2n) is 9.33. The van der Waals surface area contributed by atoms with E-state index >= 15 is 0 Å². The summed E-state index contributed by atoms with van der Waals surface area (Å²) in [6.07, 6.45) is 3.49. The van der Waals surface area contributed by atoms with Crippen LogP contribution in [-0.4, -0.2) is 15.6 Å². The number of aryl methyl sites for hydroxylation is 1. The summed E-state index contributed by atoms with van der Waals surface area (Å²) in [7, 11) is 0. The van der Waals surface area contributed by atoms with Crippen molar-refractivity contribution >= 4 is 52.0 Å². The molecule has 1 N–H and O–H groups in total. The Balaban J connectivity index is 1.36. The summed E-state index contributed by atoms with van der Waals surface area (Å²) in [5.74, 6) is -0.138. The first kappa shape index (κ1) is 24.1. The molecule has 0 bridgehead atoms. The highest BCUT2D eigenvalue weighted by molar-refractivity contribution is 7.10. The fourth-order valence-corrected chi connectivity index (χ4v) is 7.30. The predicted molar refractivity (Wildman–Crippen MR) is 153 cm³/mol. The zero-order valence-corrected chi connectivity index (χ0v) is 22.6. The largest absolute Gasteiger partial charge is 0.478 e. The standard InChI is InChI=1S/C30H19ClN2O4S2/c31-22-11-8-17(14-21(22)29(35)36)23-12-9-18(37-23)15-25-28(34)33-27(24-6-3-13-38-24)20-10-7-16-4-1-2-5-19(16)26(20)32-30(33)39-25/h1-6,8-9,11-15,27H,7,10H2,(H,35,36)/b25-15+/t27-/m1/s1. The number of halogens is 1. The Hall–Kier alpha value is -3.98. The molecule has 1 atom stereocenters. The average Bonchev–Trinajstić information content (AvgIpc) is 3.70. The molecule has 6 nitrogen and oxygen atoms in total. The molecule has 1 aliphatic carbocycles. The molecule has 0 fully saturated rings. The van der Waals surface area contributed by atoms with Gasteiger partial charge < -0.3 is 9.52 Å². The first-order valence-corrected chi connectivity index (χ1v) is 14.3. The number of nitrogens with zero attached hydrogens (tertiary/aromatic N) is 2. The molecular weight excluding hydrogens is 552 g/mol. The molecule has 0 unspecified atom stereocenters. The lowest BCUT2D eigenvalue weighted by Crippen LogP contribution is -2.38. The van der Waals surface area contributed by atoms with Crippen molar-refractivity contribution in [3.63, 3.8) is 0 Å². The van der Waals surface area contributed by atoms with Gasteiger partial charge >= 0.3 is 5.97 Å². The number of carbonyl (C=O) groups is 1. The van der Waals surface area contributed by atoms with Crippen LogP contribution in [0.3, 0.4) is 0 Å². The maximum Gasteiger partial charge on any atom is 0.337 e. The fraction of sp³-hybridized carbons (Fsp3) is 0.100. The number of allylic oxidation sites excluding steroid dienone is 1. The molecule has 1 aliphatic heterocycles. The second-order valence-corrected chi connectivity index (χ2v) is 11.7. The number of thiazole rings is 1. The summed E-state index contributed by atoms with van der Waals surface area (Å²) in [5, 5.41) is 11.6. The molecular formula is C30H19ClN2O4S2. The van der Waals surface area contributed by atoms with Crippen LogP contribution in [0.15, 0.2) is 91.9 Å². The van der Waals surface area contributed by atoms with Gasteiger partial charge in [-0.2, -0.15) is 0 Å². The highest BCUT2D eigenvalue weighted by atomic mass is 35.5. The van der Waals surface area contributed by atoms with E-state index in [1.165, 1.54) is 34.6 Å². The van der Waals surface area contributed by atoms with Crippen LogP contribution >= 0.6 is 34.3 Å². The Morgan fingerprint density at radius 3 is 2.79 bits per heavy atom. The van der Waals surface area contributed by atoms with Crippen molar-refractivity contribution in [2.45, 2.75) is 18.9 Å². The van der Waals surface area contributed by atoms with Gasteiger partial charge in [0, 0.05) is 22.1 Å². The average molecular weight is 571 g/mol. The number of carboxylic acids is 1. The van der Waals surface area contributed by atoms with Gasteiger partial charge in [-0.25, -0.2) is 9.79 Å². The van der Waals surface area contributed by atoms with E-state index in [4.69, 9.17) is 21.0 Å². The summed E-state index contributed by atoms with van der Waals surface area (Å²) in [5.41, 5.74) is 5.03. The van der Waals surface area contributed by atoms with Crippen molar-refractivity contribution in [2.75, 3.05) is 0 Å². The third-order valence-corrected chi connectivity index (χ3v) is 9.30. The molecule has 0 amide bonds. The molecule has 192 valence electrons. The molecule has 0 spiro atoms. The Morgan fingerprint density at radius 1 is 1.10 bits per heavy atom. The Morgan fingerprint density at radius 2 is 1.97 bits per heavy atom. The maximum atomic E-state index is 13.8. The summed E-state index contributed by atoms with van der Waals surface area (Å²) in [6, 6.07) is 20.5. The quantitative estimate of drug-likeness (QED) is 0.287. The van der Waals surface area contributed by atoms with Crippen LogP contribution in [0.25, 0.3) is 23.1 Å². The van der Waals surface area contributed by atoms with Crippen LogP contribution in [0.4, 0.5) is 0 Å². The van der Waals surface area contributed by atoms with Crippen LogP contribution in [0.1, 0.15) is 44.6 Å². The topological polar surface area (TPSA) is 84.8 Å². The van der Waals surface area contributed by atoms with Crippen molar-refractivity contribution in [3.8, 4) is 11.3 Å². The Kier molecular flexibility index (Phi) is 5.77. The normalized spacial score (nSPS) is 16.4. The number of carboxylic acid groups (broad SMARTS) is 1. The minimum absolute atomic E-state index is 0.000423. The van der Waals surface area contributed by atoms with E-state index in [1.54, 1.807) is 35.6 Å². The minimum atomic E-state index is -1.11. The molecule has 2 aliphatic rings. The van der Waals surface area contributed by atoms with Crippen LogP contribution < -0.4 is 14.9 Å². The molecule has 7 rings (SSSR count). The van der Waals surface area contributed by atoms with E-state index in [2.05, 4.69) is 24.3 Å². The van der Waals surface area contributed by atoms with Crippen molar-refractivity contribution in [1.29, 1.82) is 0 Å². The van der Waals surface area contributed by atoms with Gasteiger partial charge in [-0.3, -0.25) is 9.36 Å². The Labute approximate surface area is 235 Å². The number of thiophene rings is 1. The summed E-state index contributed by atoms with van der Waals surface area (Å²) >= 11 is 9.01. The molecule has 9 heteroatoms. The fourth-order valence-electron chi connectivity index (χ4n) is 5.28. The number of hydrogen-bond acceptors (Lipinski definition) is 6. The van der Waals surface area contributed by atoms with Crippen LogP contribution in [-0.2, 0) is 6.42 Å². The summed E-state index contributed by atoms with van der Waals surface area (Å²) in [4.78, 5) is 32.1. The monoisotopic (exact) mass is 570 g/mol. The van der Waals surface area contributed by atoms with E-state index in [1.807, 2.05) is 22.1 Å². The molecule has 3 aromatic heterocycles. The van der Waals surface area contributed by atoms with Gasteiger partial charge in [-0.15, -0.1) is 11.3 Å². The first-order valence-electron chi connectivity index (χ1n) is 12.3. The highest BCUT2D eigenvalue weighted by Gasteiger charge is 2.33. The van der Waals surface area contributed by atoms with Crippen LogP contribution in [0, 0.1) is 0 Å². The SMILES string of the molecule is O=C(O)c1cc(-c2ccc(/C=c3/sc4n(c3=O)[C@@H](c3cccs3)C3=C(N=4)c4ccccc4CC3)o2)ccc1Cl. The number of benzene rings is 2. The Bertz CT molecular complexity index is 2000. The van der Waals surface area contributed by atoms with Gasteiger partial charge in [-0.1, -0.05) is 53.3 Å². The smallest absolute Gasteiger partial charge is 0.337 e. The van der Waals surface area contributed by atoms with Crippen LogP contribution in [0.5, 0.6) is 0 Å². The third kappa shape index (κ3) is 4.03. The lowest BCUT2D eigenvalue weighted by Gasteiger charge is -2.30. The van der Waals surface area contributed by atoms with Gasteiger partial charge in [-0.05, 0) is 65.8 Å². The van der Waals surface area contributed by atoms with Gasteiger partial charge in [0.05, 0.1) is 26.9 Å². The lowest BCUT2D eigenvalue weighted by molar-refractivity contribution is 0.0697. The molecule has 5 aromatic rings. The molecule has 4 heterocycles. The van der Waals surface area contributed by atoms with E-state index in [0.717, 1.165) is 29.0 Å². The second kappa shape index (κ2) is 9.34. The zero-order valence-electron chi connectivity index (χ0n) is 20.3. The first-order chi connectivity index (χ1) is 19.0. The molecule has 0 saturated heterocycles. The van der Waals surface area contributed by atoms with Crippen molar-refractivity contribution < 1.29 is 14.3 Å². The molecule has 2 aromatic carbocycles. The number of aromatic carboxylic acids is 1. The van der Waals surface area contributed by atoms with Gasteiger partial charge in [0.15, 0.2) is 4.80 Å². The minimum Gasteiger partial charge on any atom is -0.478 e. The number of furan rings is 1. The van der Waals surface area contributed by atoms with E-state index in [-0.39, 0.29) is 22.2 Å². The highest BCUT2D eigenvalue weighted by Crippen LogP contribution is 2.42. The van der Waals surface area contributed by atoms with Gasteiger partial charge in [0.1, 0.15) is 11.5 Å². The zero-order chi connectivity index (χ0) is 26.7.